The van der Waals surface area contributed by atoms with Gasteiger partial charge in [0.2, 0.25) is 0 Å². The van der Waals surface area contributed by atoms with Crippen LogP contribution in [0.5, 0.6) is 0 Å². The Morgan fingerprint density at radius 3 is 2.91 bits per heavy atom. The van der Waals surface area contributed by atoms with Crippen LogP contribution in [0.25, 0.3) is 0 Å². The third-order valence-electron chi connectivity index (χ3n) is 1.74. The first kappa shape index (κ1) is 8.88. The number of nitrogens with one attached hydrogen (secondary N) is 1. The lowest BCUT2D eigenvalue weighted by molar-refractivity contribution is 0.697. The van der Waals surface area contributed by atoms with Crippen molar-refractivity contribution in [2.75, 3.05) is 13.1 Å². The topological polar surface area (TPSA) is 12.0 Å². The van der Waals surface area contributed by atoms with E-state index >= 15 is 0 Å². The van der Waals surface area contributed by atoms with Crippen molar-refractivity contribution in [3.05, 3.63) is 22.0 Å². The molecule has 2 heteroatoms. The van der Waals surface area contributed by atoms with Crippen LogP contribution in [0.2, 0.25) is 0 Å². The van der Waals surface area contributed by atoms with Crippen LogP contribution in [-0.2, 0) is 0 Å². The Labute approximate surface area is 72.9 Å². The molecule has 0 aromatic heterocycles. The molecule has 1 nitrogen and oxygen atoms in total. The average Bonchev–Trinajstić information content (AvgIpc) is 1.93. The summed E-state index contributed by atoms with van der Waals surface area (Å²) in [6.07, 6.45) is 1.19. The Morgan fingerprint density at radius 1 is 1.64 bits per heavy atom. The van der Waals surface area contributed by atoms with Gasteiger partial charge in [-0.25, -0.2) is 0 Å². The highest BCUT2D eigenvalue weighted by molar-refractivity contribution is 8.06. The first-order chi connectivity index (χ1) is 5.20. The Kier molecular flexibility index (Phi) is 3.21. The van der Waals surface area contributed by atoms with Gasteiger partial charge in [0.05, 0.1) is 0 Å². The van der Waals surface area contributed by atoms with Gasteiger partial charge in [-0.2, -0.15) is 0 Å². The molecule has 62 valence electrons. The fourth-order valence-electron chi connectivity index (χ4n) is 1.10. The predicted molar refractivity (Wildman–Crippen MR) is 52.6 cm³/mol. The summed E-state index contributed by atoms with van der Waals surface area (Å²) in [6, 6.07) is 0. The molecule has 0 aromatic carbocycles. The molecule has 0 atom stereocenters. The molecular formula is C9H15NS. The fourth-order valence-corrected chi connectivity index (χ4v) is 1.97. The average molecular weight is 169 g/mol. The molecule has 0 fully saturated rings. The van der Waals surface area contributed by atoms with Gasteiger partial charge in [0.1, 0.15) is 0 Å². The molecule has 0 aromatic rings. The molecule has 0 aliphatic carbocycles. The molecule has 0 spiro atoms. The zero-order valence-corrected chi connectivity index (χ0v) is 8.05. The molecule has 0 bridgehead atoms. The molecule has 1 aliphatic heterocycles. The van der Waals surface area contributed by atoms with E-state index < -0.39 is 0 Å². The minimum absolute atomic E-state index is 1.03. The highest BCUT2D eigenvalue weighted by Crippen LogP contribution is 2.28. The van der Waals surface area contributed by atoms with E-state index in [1.54, 1.807) is 11.8 Å². The Bertz CT molecular complexity index is 194. The Morgan fingerprint density at radius 2 is 2.36 bits per heavy atom. The maximum atomic E-state index is 3.88. The van der Waals surface area contributed by atoms with E-state index in [2.05, 4.69) is 25.7 Å². The van der Waals surface area contributed by atoms with Crippen LogP contribution in [-0.4, -0.2) is 13.1 Å². The van der Waals surface area contributed by atoms with E-state index in [-0.39, 0.29) is 0 Å². The van der Waals surface area contributed by atoms with E-state index in [4.69, 9.17) is 0 Å². The molecular weight excluding hydrogens is 154 g/mol. The van der Waals surface area contributed by atoms with Crippen molar-refractivity contribution in [1.82, 2.24) is 5.32 Å². The summed E-state index contributed by atoms with van der Waals surface area (Å²) in [6.45, 7) is 10.3. The summed E-state index contributed by atoms with van der Waals surface area (Å²) in [5.41, 5.74) is 1.52. The molecule has 0 saturated carbocycles. The largest absolute Gasteiger partial charge is 0.312 e. The summed E-state index contributed by atoms with van der Waals surface area (Å²) >= 11 is 1.81. The summed E-state index contributed by atoms with van der Waals surface area (Å²) in [7, 11) is 0. The maximum Gasteiger partial charge on any atom is 0.0268 e. The van der Waals surface area contributed by atoms with Crippen molar-refractivity contribution in [3.63, 3.8) is 0 Å². The smallest absolute Gasteiger partial charge is 0.0268 e. The van der Waals surface area contributed by atoms with Gasteiger partial charge in [0.25, 0.3) is 0 Å². The van der Waals surface area contributed by atoms with Crippen molar-refractivity contribution in [1.29, 1.82) is 0 Å². The van der Waals surface area contributed by atoms with E-state index in [1.807, 2.05) is 0 Å². The van der Waals surface area contributed by atoms with Gasteiger partial charge >= 0.3 is 0 Å². The molecule has 1 N–H and O–H groups in total. The van der Waals surface area contributed by atoms with Gasteiger partial charge in [-0.15, -0.1) is 0 Å². The molecule has 1 aliphatic rings. The zero-order valence-electron chi connectivity index (χ0n) is 7.24. The minimum atomic E-state index is 1.03. The molecule has 0 unspecified atom stereocenters. The van der Waals surface area contributed by atoms with Crippen LogP contribution in [0.3, 0.4) is 0 Å². The van der Waals surface area contributed by atoms with E-state index in [0.29, 0.717) is 0 Å². The van der Waals surface area contributed by atoms with Gasteiger partial charge in [-0.05, 0) is 31.7 Å². The standard InChI is InChI=1S/C9H15NS/c1-7(2)11-9-6-10-5-4-8(9)3/h10H,1,4-6H2,2-3H3. The van der Waals surface area contributed by atoms with E-state index in [1.165, 1.54) is 21.8 Å². The Balaban J connectivity index is 2.59. The third kappa shape index (κ3) is 2.72. The summed E-state index contributed by atoms with van der Waals surface area (Å²) in [5, 5.41) is 3.35. The van der Waals surface area contributed by atoms with Crippen molar-refractivity contribution in [2.45, 2.75) is 20.3 Å². The summed E-state index contributed by atoms with van der Waals surface area (Å²) in [5.74, 6) is 0. The quantitative estimate of drug-likeness (QED) is 0.681. The van der Waals surface area contributed by atoms with Crippen molar-refractivity contribution >= 4 is 11.8 Å². The van der Waals surface area contributed by atoms with E-state index in [9.17, 15) is 0 Å². The second-order valence-corrected chi connectivity index (χ2v) is 4.33. The fraction of sp³-hybridized carbons (Fsp3) is 0.556. The second kappa shape index (κ2) is 3.98. The highest BCUT2D eigenvalue weighted by atomic mass is 32.2. The van der Waals surface area contributed by atoms with Crippen LogP contribution in [0, 0.1) is 0 Å². The molecule has 1 heterocycles. The zero-order chi connectivity index (χ0) is 8.27. The molecule has 1 rings (SSSR count). The normalized spacial score (nSPS) is 18.7. The van der Waals surface area contributed by atoms with Crippen LogP contribution in [0.1, 0.15) is 20.3 Å². The molecule has 11 heavy (non-hydrogen) atoms. The second-order valence-electron chi connectivity index (χ2n) is 2.93. The third-order valence-corrected chi connectivity index (χ3v) is 2.82. The maximum absolute atomic E-state index is 3.88. The lowest BCUT2D eigenvalue weighted by Gasteiger charge is -2.18. The summed E-state index contributed by atoms with van der Waals surface area (Å²) < 4.78 is 0. The SMILES string of the molecule is C=C(C)SC1=C(C)CCNC1. The highest BCUT2D eigenvalue weighted by Gasteiger charge is 2.08. The van der Waals surface area contributed by atoms with Crippen LogP contribution < -0.4 is 5.32 Å². The first-order valence-corrected chi connectivity index (χ1v) is 4.74. The van der Waals surface area contributed by atoms with Gasteiger partial charge in [-0.3, -0.25) is 0 Å². The number of allylic oxidation sites excluding steroid dienone is 1. The van der Waals surface area contributed by atoms with E-state index in [0.717, 1.165) is 13.1 Å². The Hall–Kier alpha value is -0.210. The van der Waals surface area contributed by atoms with Crippen LogP contribution >= 0.6 is 11.8 Å². The minimum Gasteiger partial charge on any atom is -0.312 e. The number of hydrogen-bond acceptors (Lipinski definition) is 2. The lowest BCUT2D eigenvalue weighted by atomic mass is 10.1. The van der Waals surface area contributed by atoms with Crippen LogP contribution in [0.4, 0.5) is 0 Å². The van der Waals surface area contributed by atoms with Crippen molar-refractivity contribution in [3.8, 4) is 0 Å². The first-order valence-electron chi connectivity index (χ1n) is 3.93. The predicted octanol–water partition coefficient (Wildman–Crippen LogP) is 2.52. The monoisotopic (exact) mass is 169 g/mol. The lowest BCUT2D eigenvalue weighted by Crippen LogP contribution is -2.23. The van der Waals surface area contributed by atoms with Gasteiger partial charge < -0.3 is 5.32 Å². The van der Waals surface area contributed by atoms with Gasteiger partial charge in [-0.1, -0.05) is 23.9 Å². The number of hydrogen-bond donors (Lipinski definition) is 1. The van der Waals surface area contributed by atoms with Gasteiger partial charge in [0.15, 0.2) is 0 Å². The van der Waals surface area contributed by atoms with Gasteiger partial charge in [0, 0.05) is 11.4 Å². The number of thioether (sulfide) groups is 1. The van der Waals surface area contributed by atoms with Crippen molar-refractivity contribution < 1.29 is 0 Å². The molecule has 0 saturated heterocycles. The summed E-state index contributed by atoms with van der Waals surface area (Å²) in [4.78, 5) is 2.65. The number of rotatable bonds is 2. The molecule has 0 radical (unpaired) electrons. The van der Waals surface area contributed by atoms with Crippen LogP contribution in [0.15, 0.2) is 22.0 Å². The molecule has 0 amide bonds. The van der Waals surface area contributed by atoms with Crippen molar-refractivity contribution in [2.24, 2.45) is 0 Å².